The Morgan fingerprint density at radius 1 is 1.58 bits per heavy atom. The third kappa shape index (κ3) is 2.93. The van der Waals surface area contributed by atoms with Gasteiger partial charge in [-0.15, -0.1) is 11.3 Å². The van der Waals surface area contributed by atoms with Crippen LogP contribution in [0, 0.1) is 0 Å². The number of rotatable bonds is 3. The summed E-state index contributed by atoms with van der Waals surface area (Å²) < 4.78 is 4.57. The molecule has 0 aliphatic carbocycles. The fourth-order valence-electron chi connectivity index (χ4n) is 1.94. The molecule has 6 nitrogen and oxygen atoms in total. The van der Waals surface area contributed by atoms with Gasteiger partial charge in [-0.25, -0.2) is 0 Å². The number of methoxy groups -OCH3 is 1. The summed E-state index contributed by atoms with van der Waals surface area (Å²) in [5, 5.41) is 4.45. The Kier molecular flexibility index (Phi) is 4.16. The number of nitrogens with zero attached hydrogens (tertiary/aromatic N) is 1. The summed E-state index contributed by atoms with van der Waals surface area (Å²) in [6.45, 7) is 0.789. The van der Waals surface area contributed by atoms with Gasteiger partial charge in [0.2, 0.25) is 5.91 Å². The molecular weight excluding hydrogens is 268 g/mol. The normalized spacial score (nSPS) is 18.9. The van der Waals surface area contributed by atoms with Gasteiger partial charge in [-0.05, 0) is 11.4 Å². The second kappa shape index (κ2) is 5.83. The maximum Gasteiger partial charge on any atom is 0.308 e. The molecule has 1 atom stereocenters. The first kappa shape index (κ1) is 13.5. The number of carbonyl (C=O) groups excluding carboxylic acids is 3. The number of hydrogen-bond acceptors (Lipinski definition) is 5. The minimum atomic E-state index is -0.796. The molecule has 1 unspecified atom stereocenters. The van der Waals surface area contributed by atoms with Crippen LogP contribution in [-0.2, 0) is 14.3 Å². The molecule has 1 N–H and O–H groups in total. The van der Waals surface area contributed by atoms with Gasteiger partial charge >= 0.3 is 5.97 Å². The van der Waals surface area contributed by atoms with Gasteiger partial charge in [0.25, 0.3) is 5.91 Å². The molecule has 0 spiro atoms. The number of nitrogens with one attached hydrogen (secondary N) is 1. The van der Waals surface area contributed by atoms with Crippen molar-refractivity contribution in [3.63, 3.8) is 0 Å². The average Bonchev–Trinajstić information content (AvgIpc) is 2.94. The van der Waals surface area contributed by atoms with E-state index in [-0.39, 0.29) is 18.2 Å². The van der Waals surface area contributed by atoms with E-state index in [9.17, 15) is 14.4 Å². The summed E-state index contributed by atoms with van der Waals surface area (Å²) in [5.41, 5.74) is 0. The Morgan fingerprint density at radius 2 is 2.37 bits per heavy atom. The van der Waals surface area contributed by atoms with Gasteiger partial charge in [-0.3, -0.25) is 14.4 Å². The number of hydrogen-bond donors (Lipinski definition) is 1. The second-order valence-electron chi connectivity index (χ2n) is 4.06. The maximum absolute atomic E-state index is 12.3. The molecule has 1 saturated heterocycles. The largest absolute Gasteiger partial charge is 0.469 e. The molecule has 102 valence electrons. The average molecular weight is 282 g/mol. The Hall–Kier alpha value is -1.89. The highest BCUT2D eigenvalue weighted by Crippen LogP contribution is 2.17. The highest BCUT2D eigenvalue weighted by molar-refractivity contribution is 7.12. The quantitative estimate of drug-likeness (QED) is 0.806. The lowest BCUT2D eigenvalue weighted by Crippen LogP contribution is -2.57. The van der Waals surface area contributed by atoms with Crippen molar-refractivity contribution >= 4 is 29.1 Å². The standard InChI is InChI=1S/C12H14N2O4S/c1-18-10(15)7-8-11(16)13-4-5-14(8)12(17)9-3-2-6-19-9/h2-3,6,8H,4-5,7H2,1H3,(H,13,16). The van der Waals surface area contributed by atoms with Crippen LogP contribution in [0.2, 0.25) is 0 Å². The van der Waals surface area contributed by atoms with E-state index in [2.05, 4.69) is 10.1 Å². The SMILES string of the molecule is COC(=O)CC1C(=O)NCCN1C(=O)c1cccs1. The van der Waals surface area contributed by atoms with Crippen molar-refractivity contribution in [3.05, 3.63) is 22.4 Å². The zero-order valence-corrected chi connectivity index (χ0v) is 11.2. The van der Waals surface area contributed by atoms with Gasteiger partial charge in [0.05, 0.1) is 18.4 Å². The fraction of sp³-hybridized carbons (Fsp3) is 0.417. The summed E-state index contributed by atoms with van der Waals surface area (Å²) in [5.74, 6) is -1.05. The van der Waals surface area contributed by atoms with Crippen molar-refractivity contribution in [1.29, 1.82) is 0 Å². The number of thiophene rings is 1. The first-order valence-corrected chi connectivity index (χ1v) is 6.70. The van der Waals surface area contributed by atoms with Crippen LogP contribution >= 0.6 is 11.3 Å². The van der Waals surface area contributed by atoms with Gasteiger partial charge in [0, 0.05) is 13.1 Å². The number of piperazine rings is 1. The summed E-state index contributed by atoms with van der Waals surface area (Å²) in [6.07, 6.45) is -0.126. The number of carbonyl (C=O) groups is 3. The summed E-state index contributed by atoms with van der Waals surface area (Å²) in [7, 11) is 1.26. The van der Waals surface area contributed by atoms with E-state index >= 15 is 0 Å². The van der Waals surface area contributed by atoms with E-state index in [4.69, 9.17) is 0 Å². The highest BCUT2D eigenvalue weighted by Gasteiger charge is 2.35. The predicted molar refractivity (Wildman–Crippen MR) is 68.8 cm³/mol. The molecule has 1 aromatic heterocycles. The van der Waals surface area contributed by atoms with Crippen LogP contribution in [0.5, 0.6) is 0 Å². The molecule has 0 saturated carbocycles. The molecule has 0 aromatic carbocycles. The van der Waals surface area contributed by atoms with Crippen LogP contribution in [-0.4, -0.2) is 48.9 Å². The summed E-state index contributed by atoms with van der Waals surface area (Å²) in [4.78, 5) is 37.4. The van der Waals surface area contributed by atoms with Crippen LogP contribution in [0.25, 0.3) is 0 Å². The number of amides is 2. The van der Waals surface area contributed by atoms with Crippen LogP contribution in [0.3, 0.4) is 0 Å². The molecule has 1 aliphatic heterocycles. The lowest BCUT2D eigenvalue weighted by atomic mass is 10.1. The van der Waals surface area contributed by atoms with E-state index in [0.29, 0.717) is 18.0 Å². The number of esters is 1. The summed E-state index contributed by atoms with van der Waals surface area (Å²) in [6, 6.07) is 2.68. The fourth-order valence-corrected chi connectivity index (χ4v) is 2.62. The molecule has 0 radical (unpaired) electrons. The second-order valence-corrected chi connectivity index (χ2v) is 5.01. The minimum Gasteiger partial charge on any atom is -0.469 e. The molecule has 1 aliphatic rings. The van der Waals surface area contributed by atoms with Gasteiger partial charge in [0.15, 0.2) is 0 Å². The van der Waals surface area contributed by atoms with Crippen LogP contribution in [0.4, 0.5) is 0 Å². The van der Waals surface area contributed by atoms with E-state index in [1.165, 1.54) is 23.3 Å². The topological polar surface area (TPSA) is 75.7 Å². The molecular formula is C12H14N2O4S. The van der Waals surface area contributed by atoms with Crippen LogP contribution < -0.4 is 5.32 Å². The lowest BCUT2D eigenvalue weighted by molar-refractivity contribution is -0.145. The Labute approximate surface area is 114 Å². The van der Waals surface area contributed by atoms with E-state index in [1.807, 2.05) is 0 Å². The zero-order chi connectivity index (χ0) is 13.8. The molecule has 1 fully saturated rings. The maximum atomic E-state index is 12.3. The van der Waals surface area contributed by atoms with Crippen molar-refractivity contribution in [2.24, 2.45) is 0 Å². The molecule has 1 aromatic rings. The van der Waals surface area contributed by atoms with Gasteiger partial charge in [-0.2, -0.15) is 0 Å². The minimum absolute atomic E-state index is 0.126. The Morgan fingerprint density at radius 3 is 3.00 bits per heavy atom. The van der Waals surface area contributed by atoms with Gasteiger partial charge in [0.1, 0.15) is 6.04 Å². The molecule has 7 heteroatoms. The van der Waals surface area contributed by atoms with Gasteiger partial charge in [-0.1, -0.05) is 6.07 Å². The molecule has 19 heavy (non-hydrogen) atoms. The van der Waals surface area contributed by atoms with Gasteiger partial charge < -0.3 is 15.0 Å². The summed E-state index contributed by atoms with van der Waals surface area (Å²) >= 11 is 1.31. The van der Waals surface area contributed by atoms with Crippen LogP contribution in [0.1, 0.15) is 16.1 Å². The zero-order valence-electron chi connectivity index (χ0n) is 10.4. The predicted octanol–water partition coefficient (Wildman–Crippen LogP) is 0.252. The van der Waals surface area contributed by atoms with Crippen molar-refractivity contribution in [2.75, 3.05) is 20.2 Å². The third-order valence-corrected chi connectivity index (χ3v) is 3.77. The van der Waals surface area contributed by atoms with E-state index in [0.717, 1.165) is 0 Å². The smallest absolute Gasteiger partial charge is 0.308 e. The van der Waals surface area contributed by atoms with Crippen molar-refractivity contribution in [2.45, 2.75) is 12.5 Å². The van der Waals surface area contributed by atoms with Crippen molar-refractivity contribution in [1.82, 2.24) is 10.2 Å². The van der Waals surface area contributed by atoms with E-state index in [1.54, 1.807) is 17.5 Å². The molecule has 2 amide bonds. The molecule has 2 heterocycles. The number of ether oxygens (including phenoxy) is 1. The molecule has 0 bridgehead atoms. The van der Waals surface area contributed by atoms with Crippen molar-refractivity contribution < 1.29 is 19.1 Å². The van der Waals surface area contributed by atoms with Crippen molar-refractivity contribution in [3.8, 4) is 0 Å². The first-order chi connectivity index (χ1) is 9.13. The Balaban J connectivity index is 2.17. The lowest BCUT2D eigenvalue weighted by Gasteiger charge is -2.34. The molecule has 2 rings (SSSR count). The van der Waals surface area contributed by atoms with Crippen LogP contribution in [0.15, 0.2) is 17.5 Å². The third-order valence-electron chi connectivity index (χ3n) is 2.91. The first-order valence-electron chi connectivity index (χ1n) is 5.82. The van der Waals surface area contributed by atoms with E-state index < -0.39 is 12.0 Å². The Bertz CT molecular complexity index is 486. The monoisotopic (exact) mass is 282 g/mol. The highest BCUT2D eigenvalue weighted by atomic mass is 32.1.